The first-order valence-corrected chi connectivity index (χ1v) is 14.7. The lowest BCUT2D eigenvalue weighted by Crippen LogP contribution is -2.36. The van der Waals surface area contributed by atoms with Crippen LogP contribution in [0.1, 0.15) is 50.2 Å². The molecule has 3 aromatic rings. The van der Waals surface area contributed by atoms with Crippen LogP contribution in [0.5, 0.6) is 0 Å². The summed E-state index contributed by atoms with van der Waals surface area (Å²) in [6.07, 6.45) is -0.478. The van der Waals surface area contributed by atoms with Crippen LogP contribution in [0.4, 0.5) is 27.3 Å². The third-order valence-corrected chi connectivity index (χ3v) is 7.37. The Balaban J connectivity index is 1.80. The molecule has 1 aliphatic rings. The highest BCUT2D eigenvalue weighted by molar-refractivity contribution is 6.10. The largest absolute Gasteiger partial charge is 0.461 e. The van der Waals surface area contributed by atoms with Gasteiger partial charge in [-0.3, -0.25) is 0 Å². The molecule has 42 heavy (non-hydrogen) atoms. The molecule has 1 aliphatic heterocycles. The van der Waals surface area contributed by atoms with E-state index in [-0.39, 0.29) is 24.8 Å². The van der Waals surface area contributed by atoms with E-state index in [1.807, 2.05) is 69.1 Å². The van der Waals surface area contributed by atoms with Gasteiger partial charge in [0.1, 0.15) is 12.0 Å². The summed E-state index contributed by atoms with van der Waals surface area (Å²) in [6, 6.07) is 17.5. The molecular formula is C33H42FN5O3. The van der Waals surface area contributed by atoms with Crippen molar-refractivity contribution < 1.29 is 18.7 Å². The molecule has 2 aromatic carbocycles. The predicted molar refractivity (Wildman–Crippen MR) is 169 cm³/mol. The fourth-order valence-electron chi connectivity index (χ4n) is 4.90. The van der Waals surface area contributed by atoms with E-state index in [9.17, 15) is 9.18 Å². The van der Waals surface area contributed by atoms with Crippen LogP contribution in [0.2, 0.25) is 0 Å². The molecule has 9 heteroatoms. The number of ether oxygens (including phenoxy) is 2. The van der Waals surface area contributed by atoms with Gasteiger partial charge in [-0.15, -0.1) is 0 Å². The second-order valence-corrected chi connectivity index (χ2v) is 10.8. The lowest BCUT2D eigenvalue weighted by Gasteiger charge is -2.29. The van der Waals surface area contributed by atoms with Gasteiger partial charge in [-0.2, -0.15) is 0 Å². The maximum absolute atomic E-state index is 14.1. The first-order valence-electron chi connectivity index (χ1n) is 14.7. The van der Waals surface area contributed by atoms with E-state index in [1.165, 1.54) is 0 Å². The van der Waals surface area contributed by atoms with Gasteiger partial charge >= 0.3 is 5.97 Å². The van der Waals surface area contributed by atoms with Crippen molar-refractivity contribution in [1.29, 1.82) is 5.41 Å². The summed E-state index contributed by atoms with van der Waals surface area (Å²) in [5.74, 6) is -0.236. The first-order chi connectivity index (χ1) is 20.2. The number of halogens is 1. The third kappa shape index (κ3) is 7.45. The van der Waals surface area contributed by atoms with Crippen molar-refractivity contribution in [3.05, 3.63) is 65.9 Å². The number of rotatable bonds is 12. The molecule has 0 saturated carbocycles. The SMILES string of the molecule is CCOC(=O)c1cc(-c2ccc(N3CCOCC3)cc2)c(C(=N)C(C)C)c(Nc2cccc(N(C)CC(F)CC)c2)n1. The molecule has 0 spiro atoms. The van der Waals surface area contributed by atoms with Crippen LogP contribution >= 0.6 is 0 Å². The van der Waals surface area contributed by atoms with Crippen LogP contribution < -0.4 is 15.1 Å². The number of anilines is 4. The Bertz CT molecular complexity index is 1370. The minimum Gasteiger partial charge on any atom is -0.461 e. The van der Waals surface area contributed by atoms with Gasteiger partial charge in [-0.05, 0) is 66.8 Å². The number of aromatic nitrogens is 1. The van der Waals surface area contributed by atoms with Crippen LogP contribution in [0.3, 0.4) is 0 Å². The minimum atomic E-state index is -0.926. The molecule has 1 saturated heterocycles. The highest BCUT2D eigenvalue weighted by Crippen LogP contribution is 2.35. The number of nitrogens with one attached hydrogen (secondary N) is 2. The summed E-state index contributed by atoms with van der Waals surface area (Å²) in [5, 5.41) is 12.5. The van der Waals surface area contributed by atoms with Gasteiger partial charge in [0.25, 0.3) is 0 Å². The highest BCUT2D eigenvalue weighted by Gasteiger charge is 2.24. The van der Waals surface area contributed by atoms with E-state index in [4.69, 9.17) is 14.9 Å². The molecule has 0 radical (unpaired) electrons. The zero-order chi connectivity index (χ0) is 30.2. The number of carbonyl (C=O) groups is 1. The predicted octanol–water partition coefficient (Wildman–Crippen LogP) is 6.71. The molecular weight excluding hydrogens is 533 g/mol. The Morgan fingerprint density at radius 2 is 1.86 bits per heavy atom. The second kappa shape index (κ2) is 14.3. The molecule has 4 rings (SSSR count). The van der Waals surface area contributed by atoms with Crippen molar-refractivity contribution in [2.45, 2.75) is 40.3 Å². The standard InChI is InChI=1S/C33H42FN5O3/c1-6-24(34)21-38(5)27-10-8-9-25(19-27)36-32-30(31(35)22(3)4)28(20-29(37-32)33(40)42-7-2)23-11-13-26(14-12-23)39-15-17-41-18-16-39/h8-14,19-20,22,24,35H,6-7,15-18,21H2,1-5H3,(H,36,37). The average molecular weight is 576 g/mol. The summed E-state index contributed by atoms with van der Waals surface area (Å²) in [7, 11) is 1.86. The smallest absolute Gasteiger partial charge is 0.357 e. The van der Waals surface area contributed by atoms with Crippen LogP contribution in [-0.2, 0) is 9.47 Å². The monoisotopic (exact) mass is 575 g/mol. The topological polar surface area (TPSA) is 90.8 Å². The van der Waals surface area contributed by atoms with Gasteiger partial charge in [0.05, 0.1) is 19.8 Å². The number of alkyl halides is 1. The van der Waals surface area contributed by atoms with E-state index in [0.717, 1.165) is 35.6 Å². The summed E-state index contributed by atoms with van der Waals surface area (Å²) in [6.45, 7) is 11.1. The zero-order valence-electron chi connectivity index (χ0n) is 25.2. The number of esters is 1. The van der Waals surface area contributed by atoms with E-state index < -0.39 is 12.1 Å². The second-order valence-electron chi connectivity index (χ2n) is 10.8. The van der Waals surface area contributed by atoms with Crippen molar-refractivity contribution in [2.75, 3.05) is 61.6 Å². The number of nitrogens with zero attached hydrogens (tertiary/aromatic N) is 3. The maximum Gasteiger partial charge on any atom is 0.357 e. The van der Waals surface area contributed by atoms with Crippen LogP contribution in [0.25, 0.3) is 11.1 Å². The first kappa shape index (κ1) is 31.0. The molecule has 1 aromatic heterocycles. The van der Waals surface area contributed by atoms with Crippen molar-refractivity contribution in [2.24, 2.45) is 5.92 Å². The van der Waals surface area contributed by atoms with E-state index >= 15 is 0 Å². The van der Waals surface area contributed by atoms with Gasteiger partial charge in [0, 0.05) is 55.0 Å². The van der Waals surface area contributed by atoms with Gasteiger partial charge in [-0.1, -0.05) is 39.0 Å². The fourth-order valence-corrected chi connectivity index (χ4v) is 4.90. The van der Waals surface area contributed by atoms with Gasteiger partial charge in [0.2, 0.25) is 0 Å². The van der Waals surface area contributed by atoms with Crippen LogP contribution in [-0.4, -0.2) is 69.3 Å². The van der Waals surface area contributed by atoms with E-state index in [0.29, 0.717) is 42.4 Å². The Morgan fingerprint density at radius 1 is 1.14 bits per heavy atom. The number of benzene rings is 2. The zero-order valence-corrected chi connectivity index (χ0v) is 25.2. The number of morpholine rings is 1. The number of pyridine rings is 1. The van der Waals surface area contributed by atoms with E-state index in [1.54, 1.807) is 13.0 Å². The molecule has 1 fully saturated rings. The number of hydrogen-bond donors (Lipinski definition) is 2. The van der Waals surface area contributed by atoms with Crippen molar-refractivity contribution in [1.82, 2.24) is 4.98 Å². The highest BCUT2D eigenvalue weighted by atomic mass is 19.1. The number of carbonyl (C=O) groups excluding carboxylic acids is 1. The van der Waals surface area contributed by atoms with E-state index in [2.05, 4.69) is 27.3 Å². The Hall–Kier alpha value is -3.98. The Morgan fingerprint density at radius 3 is 2.50 bits per heavy atom. The van der Waals surface area contributed by atoms with Gasteiger partial charge in [0.15, 0.2) is 5.69 Å². The van der Waals surface area contributed by atoms with Crippen molar-refractivity contribution in [3.63, 3.8) is 0 Å². The molecule has 224 valence electrons. The van der Waals surface area contributed by atoms with Crippen molar-refractivity contribution in [3.8, 4) is 11.1 Å². The van der Waals surface area contributed by atoms with Crippen molar-refractivity contribution >= 4 is 34.6 Å². The molecule has 0 bridgehead atoms. The molecule has 1 unspecified atom stereocenters. The molecule has 0 amide bonds. The van der Waals surface area contributed by atoms with Crippen LogP contribution in [0.15, 0.2) is 54.6 Å². The lowest BCUT2D eigenvalue weighted by atomic mass is 9.91. The summed E-state index contributed by atoms with van der Waals surface area (Å²) in [5.41, 5.74) is 5.41. The van der Waals surface area contributed by atoms with Gasteiger partial charge < -0.3 is 30.0 Å². The fraction of sp³-hybridized carbons (Fsp3) is 0.424. The van der Waals surface area contributed by atoms with Crippen LogP contribution in [0, 0.1) is 11.3 Å². The van der Waals surface area contributed by atoms with Gasteiger partial charge in [-0.25, -0.2) is 14.2 Å². The number of hydrogen-bond acceptors (Lipinski definition) is 8. The molecule has 2 N–H and O–H groups in total. The molecule has 2 heterocycles. The quantitative estimate of drug-likeness (QED) is 0.183. The Labute approximate surface area is 248 Å². The Kier molecular flexibility index (Phi) is 10.5. The average Bonchev–Trinajstić information content (AvgIpc) is 3.01. The maximum atomic E-state index is 14.1. The molecule has 1 atom stereocenters. The normalized spacial score (nSPS) is 14.0. The minimum absolute atomic E-state index is 0.0971. The molecule has 0 aliphatic carbocycles. The molecule has 8 nitrogen and oxygen atoms in total. The lowest BCUT2D eigenvalue weighted by molar-refractivity contribution is 0.0519. The summed E-state index contributed by atoms with van der Waals surface area (Å²) >= 11 is 0. The summed E-state index contributed by atoms with van der Waals surface area (Å²) < 4.78 is 24.9. The third-order valence-electron chi connectivity index (χ3n) is 7.37. The summed E-state index contributed by atoms with van der Waals surface area (Å²) in [4.78, 5) is 21.8.